The molecule has 0 saturated heterocycles. The first kappa shape index (κ1) is 14.8. The lowest BCUT2D eigenvalue weighted by molar-refractivity contribution is -0.117. The normalized spacial score (nSPS) is 23.4. The Balaban J connectivity index is 2.44. The molecule has 0 unspecified atom stereocenters. The highest BCUT2D eigenvalue weighted by Crippen LogP contribution is 2.39. The van der Waals surface area contributed by atoms with E-state index >= 15 is 0 Å². The number of carbonyl (C=O) groups excluding carboxylic acids is 1. The Labute approximate surface area is 108 Å². The largest absolute Gasteiger partial charge is 0.300 e. The van der Waals surface area contributed by atoms with Gasteiger partial charge in [0.2, 0.25) is 0 Å². The third-order valence-corrected chi connectivity index (χ3v) is 3.95. The Morgan fingerprint density at radius 3 is 1.59 bits per heavy atom. The van der Waals surface area contributed by atoms with Crippen molar-refractivity contribution in [3.05, 3.63) is 0 Å². The molecular weight excluding hydrogens is 207 g/mol. The minimum absolute atomic E-state index is 0.203. The molecule has 1 rings (SSSR count). The molecule has 0 spiro atoms. The van der Waals surface area contributed by atoms with E-state index in [1.54, 1.807) is 6.92 Å². The summed E-state index contributed by atoms with van der Waals surface area (Å²) in [6, 6.07) is 0. The average molecular weight is 234 g/mol. The maximum atomic E-state index is 11.3. The maximum Gasteiger partial charge on any atom is 0.129 e. The molecule has 0 aromatic heterocycles. The summed E-state index contributed by atoms with van der Waals surface area (Å²) in [5.74, 6) is 0.250. The van der Waals surface area contributed by atoms with E-state index in [9.17, 15) is 4.79 Å². The van der Waals surface area contributed by atoms with E-state index in [-0.39, 0.29) is 11.1 Å². The molecule has 0 atom stereocenters. The third kappa shape index (κ3) is 6.90. The van der Waals surface area contributed by atoms with Crippen molar-refractivity contribution < 1.29 is 4.79 Å². The lowest BCUT2D eigenvalue weighted by Crippen LogP contribution is -2.17. The molecular formula is C15H27BO. The van der Waals surface area contributed by atoms with Gasteiger partial charge in [0.05, 0.1) is 7.85 Å². The molecule has 0 N–H and O–H groups in total. The standard InChI is InChI=1S/C15H27BO/c1-14(17)13-15(16)11-9-7-5-3-2-4-6-8-10-12-15/h2-13H2,1H3. The second-order valence-electron chi connectivity index (χ2n) is 5.92. The Morgan fingerprint density at radius 1 is 0.882 bits per heavy atom. The topological polar surface area (TPSA) is 17.1 Å². The average Bonchev–Trinajstić information content (AvgIpc) is 2.22. The van der Waals surface area contributed by atoms with Crippen molar-refractivity contribution in [1.29, 1.82) is 0 Å². The second kappa shape index (κ2) is 7.95. The van der Waals surface area contributed by atoms with Crippen molar-refractivity contribution in [2.75, 3.05) is 0 Å². The SMILES string of the molecule is [B]C1(CC(C)=O)CCCCCCCCCCC1. The number of hydrogen-bond donors (Lipinski definition) is 0. The molecule has 0 aromatic carbocycles. The zero-order valence-electron chi connectivity index (χ0n) is 11.5. The van der Waals surface area contributed by atoms with Gasteiger partial charge in [-0.1, -0.05) is 75.9 Å². The van der Waals surface area contributed by atoms with Crippen molar-refractivity contribution >= 4 is 13.6 Å². The number of Topliss-reactive ketones (excluding diaryl/α,β-unsaturated/α-hetero) is 1. The third-order valence-electron chi connectivity index (χ3n) is 3.95. The molecule has 1 aliphatic carbocycles. The van der Waals surface area contributed by atoms with Crippen molar-refractivity contribution in [1.82, 2.24) is 0 Å². The van der Waals surface area contributed by atoms with Crippen LogP contribution in [-0.4, -0.2) is 13.6 Å². The lowest BCUT2D eigenvalue weighted by Gasteiger charge is -2.29. The molecule has 17 heavy (non-hydrogen) atoms. The van der Waals surface area contributed by atoms with Gasteiger partial charge in [0.15, 0.2) is 0 Å². The molecule has 1 fully saturated rings. The van der Waals surface area contributed by atoms with Gasteiger partial charge in [-0.2, -0.15) is 0 Å². The predicted molar refractivity (Wildman–Crippen MR) is 74.5 cm³/mol. The first-order valence-corrected chi connectivity index (χ1v) is 7.41. The first-order chi connectivity index (χ1) is 8.12. The summed E-state index contributed by atoms with van der Waals surface area (Å²) in [6.07, 6.45) is 14.5. The highest BCUT2D eigenvalue weighted by molar-refractivity contribution is 6.16. The molecule has 2 heteroatoms. The van der Waals surface area contributed by atoms with Crippen LogP contribution in [0.4, 0.5) is 0 Å². The van der Waals surface area contributed by atoms with Crippen LogP contribution in [0.5, 0.6) is 0 Å². The van der Waals surface area contributed by atoms with Gasteiger partial charge < -0.3 is 4.79 Å². The van der Waals surface area contributed by atoms with Crippen LogP contribution < -0.4 is 0 Å². The van der Waals surface area contributed by atoms with Crippen molar-refractivity contribution in [3.63, 3.8) is 0 Å². The Hall–Kier alpha value is -0.265. The van der Waals surface area contributed by atoms with Crippen molar-refractivity contribution in [3.8, 4) is 0 Å². The van der Waals surface area contributed by atoms with E-state index in [0.717, 1.165) is 12.8 Å². The number of hydrogen-bond acceptors (Lipinski definition) is 1. The monoisotopic (exact) mass is 234 g/mol. The molecule has 96 valence electrons. The molecule has 1 saturated carbocycles. The zero-order chi connectivity index (χ0) is 12.6. The van der Waals surface area contributed by atoms with Gasteiger partial charge in [0.1, 0.15) is 5.78 Å². The van der Waals surface area contributed by atoms with Gasteiger partial charge >= 0.3 is 0 Å². The summed E-state index contributed by atoms with van der Waals surface area (Å²) in [7, 11) is 6.42. The maximum absolute atomic E-state index is 11.3. The molecule has 0 bridgehead atoms. The van der Waals surface area contributed by atoms with E-state index in [4.69, 9.17) is 7.85 Å². The van der Waals surface area contributed by atoms with Crippen LogP contribution in [-0.2, 0) is 4.79 Å². The van der Waals surface area contributed by atoms with Gasteiger partial charge in [-0.15, -0.1) is 0 Å². The van der Waals surface area contributed by atoms with Crippen LogP contribution >= 0.6 is 0 Å². The van der Waals surface area contributed by atoms with Crippen LogP contribution in [0.2, 0.25) is 5.31 Å². The number of carbonyl (C=O) groups is 1. The van der Waals surface area contributed by atoms with Crippen molar-refractivity contribution in [2.24, 2.45) is 0 Å². The summed E-state index contributed by atoms with van der Waals surface area (Å²) < 4.78 is 0. The van der Waals surface area contributed by atoms with Crippen LogP contribution in [0.15, 0.2) is 0 Å². The minimum Gasteiger partial charge on any atom is -0.300 e. The zero-order valence-corrected chi connectivity index (χ0v) is 11.5. The molecule has 0 heterocycles. The fourth-order valence-electron chi connectivity index (χ4n) is 2.99. The summed E-state index contributed by atoms with van der Waals surface area (Å²) in [5, 5.41) is -0.203. The Morgan fingerprint density at radius 2 is 1.24 bits per heavy atom. The van der Waals surface area contributed by atoms with Crippen LogP contribution in [0.3, 0.4) is 0 Å². The van der Waals surface area contributed by atoms with Gasteiger partial charge in [0, 0.05) is 6.42 Å². The minimum atomic E-state index is -0.203. The number of ketones is 1. The fourth-order valence-corrected chi connectivity index (χ4v) is 2.99. The highest BCUT2D eigenvalue weighted by Gasteiger charge is 2.24. The second-order valence-corrected chi connectivity index (χ2v) is 5.92. The van der Waals surface area contributed by atoms with Crippen LogP contribution in [0.25, 0.3) is 0 Å². The quantitative estimate of drug-likeness (QED) is 0.638. The molecule has 2 radical (unpaired) electrons. The highest BCUT2D eigenvalue weighted by atomic mass is 16.1. The molecule has 0 amide bonds. The fraction of sp³-hybridized carbons (Fsp3) is 0.933. The van der Waals surface area contributed by atoms with Gasteiger partial charge in [-0.25, -0.2) is 0 Å². The van der Waals surface area contributed by atoms with Crippen LogP contribution in [0.1, 0.15) is 84.0 Å². The van der Waals surface area contributed by atoms with Crippen LogP contribution in [0, 0.1) is 0 Å². The smallest absolute Gasteiger partial charge is 0.129 e. The summed E-state index contributed by atoms with van der Waals surface area (Å²) in [5.41, 5.74) is 0. The van der Waals surface area contributed by atoms with E-state index in [1.165, 1.54) is 57.8 Å². The summed E-state index contributed by atoms with van der Waals surface area (Å²) >= 11 is 0. The van der Waals surface area contributed by atoms with Gasteiger partial charge in [0.25, 0.3) is 0 Å². The van der Waals surface area contributed by atoms with Crippen molar-refractivity contribution in [2.45, 2.75) is 89.3 Å². The summed E-state index contributed by atoms with van der Waals surface area (Å²) in [6.45, 7) is 1.67. The molecule has 0 aliphatic heterocycles. The first-order valence-electron chi connectivity index (χ1n) is 7.41. The predicted octanol–water partition coefficient (Wildman–Crippen LogP) is 4.60. The van der Waals surface area contributed by atoms with E-state index in [0.29, 0.717) is 6.42 Å². The van der Waals surface area contributed by atoms with E-state index < -0.39 is 0 Å². The Kier molecular flexibility index (Phi) is 6.92. The molecule has 1 nitrogen and oxygen atoms in total. The summed E-state index contributed by atoms with van der Waals surface area (Å²) in [4.78, 5) is 11.3. The van der Waals surface area contributed by atoms with E-state index in [1.807, 2.05) is 0 Å². The number of rotatable bonds is 2. The molecule has 0 aromatic rings. The Bertz CT molecular complexity index is 213. The lowest BCUT2D eigenvalue weighted by atomic mass is 9.60. The van der Waals surface area contributed by atoms with E-state index in [2.05, 4.69) is 0 Å². The molecule has 1 aliphatic rings. The van der Waals surface area contributed by atoms with Gasteiger partial charge in [-0.3, -0.25) is 0 Å². The van der Waals surface area contributed by atoms with Gasteiger partial charge in [-0.05, 0) is 6.92 Å².